The molecule has 0 bridgehead atoms. The molecule has 0 fully saturated rings. The number of anilines is 3. The Morgan fingerprint density at radius 2 is 1.64 bits per heavy atom. The van der Waals surface area contributed by atoms with Crippen molar-refractivity contribution in [3.05, 3.63) is 71.6 Å². The largest absolute Gasteiger partial charge is 0.491 e. The number of carbonyl (C=O) groups is 2. The molecule has 28 heavy (non-hydrogen) atoms. The second kappa shape index (κ2) is 9.57. The number of hydrogen-bond donors (Lipinski definition) is 3. The number of hydrogen-bond acceptors (Lipinski definition) is 4. The van der Waals surface area contributed by atoms with E-state index in [0.717, 1.165) is 6.42 Å². The third kappa shape index (κ3) is 5.34. The number of benzene rings is 2. The van der Waals surface area contributed by atoms with Crippen molar-refractivity contribution in [1.29, 1.82) is 0 Å². The maximum absolute atomic E-state index is 12.5. The summed E-state index contributed by atoms with van der Waals surface area (Å²) in [4.78, 5) is 25.1. The predicted octanol–water partition coefficient (Wildman–Crippen LogP) is 5.43. The number of nitrogens with one attached hydrogen (secondary N) is 3. The summed E-state index contributed by atoms with van der Waals surface area (Å²) in [5.41, 5.74) is 1.31. The van der Waals surface area contributed by atoms with Crippen LogP contribution in [0.2, 0.25) is 0 Å². The summed E-state index contributed by atoms with van der Waals surface area (Å²) in [5.74, 6) is 0.379. The van der Waals surface area contributed by atoms with E-state index in [-0.39, 0.29) is 11.9 Å². The van der Waals surface area contributed by atoms with Crippen LogP contribution in [-0.4, -0.2) is 18.5 Å². The van der Waals surface area contributed by atoms with Crippen molar-refractivity contribution in [2.75, 3.05) is 22.6 Å². The van der Waals surface area contributed by atoms with Crippen LogP contribution in [-0.2, 0) is 0 Å². The van der Waals surface area contributed by atoms with Gasteiger partial charge in [-0.2, -0.15) is 0 Å². The second-order valence-electron chi connectivity index (χ2n) is 5.91. The van der Waals surface area contributed by atoms with Gasteiger partial charge in [-0.15, -0.1) is 11.3 Å². The lowest BCUT2D eigenvalue weighted by molar-refractivity contribution is 0.103. The molecule has 0 aliphatic heterocycles. The topological polar surface area (TPSA) is 79.5 Å². The minimum absolute atomic E-state index is 0.255. The number of para-hydroxylation sites is 3. The molecule has 0 unspecified atom stereocenters. The molecule has 3 aromatic rings. The van der Waals surface area contributed by atoms with E-state index in [9.17, 15) is 9.59 Å². The van der Waals surface area contributed by atoms with E-state index >= 15 is 0 Å². The molecule has 1 aromatic heterocycles. The average molecular weight is 395 g/mol. The monoisotopic (exact) mass is 395 g/mol. The molecular formula is C21H21N3O3S. The van der Waals surface area contributed by atoms with E-state index in [4.69, 9.17) is 4.74 Å². The number of ether oxygens (including phenoxy) is 1. The van der Waals surface area contributed by atoms with Crippen molar-refractivity contribution in [2.45, 2.75) is 13.3 Å². The van der Waals surface area contributed by atoms with E-state index in [0.29, 0.717) is 33.6 Å². The lowest BCUT2D eigenvalue weighted by Gasteiger charge is -2.11. The third-order valence-corrected chi connectivity index (χ3v) is 4.69. The Balaban J connectivity index is 1.60. The zero-order valence-electron chi connectivity index (χ0n) is 15.4. The first kappa shape index (κ1) is 19.4. The standard InChI is InChI=1S/C21H21N3O3S/c1-2-14-27-17-11-7-6-10-16(17)23-20(25)18-12-13-19(28-18)24-21(26)22-15-8-4-3-5-9-15/h3-13H,2,14H2,1H3,(H,23,25)(H2,22,24,26). The smallest absolute Gasteiger partial charge is 0.324 e. The van der Waals surface area contributed by atoms with E-state index in [2.05, 4.69) is 16.0 Å². The number of carbonyl (C=O) groups excluding carboxylic acids is 2. The van der Waals surface area contributed by atoms with Gasteiger partial charge in [0.15, 0.2) is 0 Å². The van der Waals surface area contributed by atoms with Crippen molar-refractivity contribution in [2.24, 2.45) is 0 Å². The first-order chi connectivity index (χ1) is 13.7. The van der Waals surface area contributed by atoms with Gasteiger partial charge in [0.25, 0.3) is 5.91 Å². The number of rotatable bonds is 7. The van der Waals surface area contributed by atoms with Crippen LogP contribution >= 0.6 is 11.3 Å². The van der Waals surface area contributed by atoms with E-state index < -0.39 is 0 Å². The Labute approximate surface area is 167 Å². The first-order valence-corrected chi connectivity index (χ1v) is 9.73. The molecule has 0 aliphatic carbocycles. The molecule has 0 saturated carbocycles. The van der Waals surface area contributed by atoms with Gasteiger partial charge in [0.1, 0.15) is 5.75 Å². The number of urea groups is 1. The van der Waals surface area contributed by atoms with Crippen LogP contribution in [0.4, 0.5) is 21.2 Å². The molecule has 3 amide bonds. The molecule has 6 nitrogen and oxygen atoms in total. The molecule has 144 valence electrons. The quantitative estimate of drug-likeness (QED) is 0.499. The highest BCUT2D eigenvalue weighted by atomic mass is 32.1. The summed E-state index contributed by atoms with van der Waals surface area (Å²) < 4.78 is 5.66. The maximum Gasteiger partial charge on any atom is 0.324 e. The summed E-state index contributed by atoms with van der Waals surface area (Å²) in [6.07, 6.45) is 0.882. The van der Waals surface area contributed by atoms with Gasteiger partial charge in [-0.05, 0) is 42.8 Å². The summed E-state index contributed by atoms with van der Waals surface area (Å²) in [6, 6.07) is 19.5. The highest BCUT2D eigenvalue weighted by Crippen LogP contribution is 2.27. The highest BCUT2D eigenvalue weighted by Gasteiger charge is 2.13. The minimum Gasteiger partial charge on any atom is -0.491 e. The fourth-order valence-electron chi connectivity index (χ4n) is 2.41. The molecule has 0 aliphatic rings. The third-order valence-electron chi connectivity index (χ3n) is 3.70. The van der Waals surface area contributed by atoms with Gasteiger partial charge in [0.2, 0.25) is 0 Å². The van der Waals surface area contributed by atoms with Crippen LogP contribution in [0.1, 0.15) is 23.0 Å². The van der Waals surface area contributed by atoms with Gasteiger partial charge in [-0.25, -0.2) is 4.79 Å². The molecule has 0 saturated heterocycles. The lowest BCUT2D eigenvalue weighted by Crippen LogP contribution is -2.18. The van der Waals surface area contributed by atoms with Crippen molar-refractivity contribution >= 4 is 39.7 Å². The van der Waals surface area contributed by atoms with E-state index in [1.165, 1.54) is 11.3 Å². The van der Waals surface area contributed by atoms with Gasteiger partial charge in [0.05, 0.1) is 22.2 Å². The van der Waals surface area contributed by atoms with E-state index in [1.807, 2.05) is 43.3 Å². The van der Waals surface area contributed by atoms with Crippen molar-refractivity contribution < 1.29 is 14.3 Å². The van der Waals surface area contributed by atoms with Gasteiger partial charge < -0.3 is 15.4 Å². The van der Waals surface area contributed by atoms with Gasteiger partial charge in [-0.3, -0.25) is 10.1 Å². The number of amides is 3. The van der Waals surface area contributed by atoms with Gasteiger partial charge in [-0.1, -0.05) is 37.3 Å². The Bertz CT molecular complexity index is 941. The molecule has 3 rings (SSSR count). The van der Waals surface area contributed by atoms with Gasteiger partial charge in [0, 0.05) is 5.69 Å². The van der Waals surface area contributed by atoms with Crippen molar-refractivity contribution in [3.8, 4) is 5.75 Å². The first-order valence-electron chi connectivity index (χ1n) is 8.92. The minimum atomic E-state index is -0.363. The Kier molecular flexibility index (Phi) is 6.64. The van der Waals surface area contributed by atoms with Crippen LogP contribution in [0.25, 0.3) is 0 Å². The molecule has 0 radical (unpaired) electrons. The average Bonchev–Trinajstić information content (AvgIpc) is 3.16. The normalized spacial score (nSPS) is 10.2. The SMILES string of the molecule is CCCOc1ccccc1NC(=O)c1ccc(NC(=O)Nc2ccccc2)s1. The van der Waals surface area contributed by atoms with Crippen LogP contribution in [0.3, 0.4) is 0 Å². The highest BCUT2D eigenvalue weighted by molar-refractivity contribution is 7.18. The summed E-state index contributed by atoms with van der Waals surface area (Å²) in [6.45, 7) is 2.60. The summed E-state index contributed by atoms with van der Waals surface area (Å²) in [5, 5.41) is 8.91. The van der Waals surface area contributed by atoms with E-state index in [1.54, 1.807) is 30.3 Å². The van der Waals surface area contributed by atoms with Crippen molar-refractivity contribution in [3.63, 3.8) is 0 Å². The predicted molar refractivity (Wildman–Crippen MR) is 114 cm³/mol. The number of thiophene rings is 1. The second-order valence-corrected chi connectivity index (χ2v) is 6.99. The molecule has 3 N–H and O–H groups in total. The fraction of sp³-hybridized carbons (Fsp3) is 0.143. The summed E-state index contributed by atoms with van der Waals surface area (Å²) >= 11 is 1.20. The molecule has 1 heterocycles. The van der Waals surface area contributed by atoms with Crippen LogP contribution in [0.15, 0.2) is 66.7 Å². The zero-order chi connectivity index (χ0) is 19.8. The van der Waals surface area contributed by atoms with Crippen LogP contribution < -0.4 is 20.7 Å². The van der Waals surface area contributed by atoms with Crippen molar-refractivity contribution in [1.82, 2.24) is 0 Å². The molecular weight excluding hydrogens is 374 g/mol. The van der Waals surface area contributed by atoms with Crippen LogP contribution in [0.5, 0.6) is 5.75 Å². The zero-order valence-corrected chi connectivity index (χ0v) is 16.2. The Morgan fingerprint density at radius 1 is 0.893 bits per heavy atom. The Morgan fingerprint density at radius 3 is 2.43 bits per heavy atom. The lowest BCUT2D eigenvalue weighted by atomic mass is 10.3. The molecule has 7 heteroatoms. The Hall–Kier alpha value is -3.32. The fourth-order valence-corrected chi connectivity index (χ4v) is 3.21. The van der Waals surface area contributed by atoms with Gasteiger partial charge >= 0.3 is 6.03 Å². The molecule has 0 spiro atoms. The molecule has 2 aromatic carbocycles. The van der Waals surface area contributed by atoms with Crippen LogP contribution in [0, 0.1) is 0 Å². The molecule has 0 atom stereocenters. The maximum atomic E-state index is 12.5. The summed E-state index contributed by atoms with van der Waals surface area (Å²) in [7, 11) is 0.